The molecule has 2 aromatic heterocycles. The van der Waals surface area contributed by atoms with Gasteiger partial charge in [0.15, 0.2) is 5.82 Å². The molecule has 0 bridgehead atoms. The summed E-state index contributed by atoms with van der Waals surface area (Å²) in [6, 6.07) is 6.36. The molecule has 7 nitrogen and oxygen atoms in total. The Labute approximate surface area is 170 Å². The van der Waals surface area contributed by atoms with Crippen LogP contribution in [-0.4, -0.2) is 57.2 Å². The van der Waals surface area contributed by atoms with E-state index in [1.54, 1.807) is 6.92 Å². The lowest BCUT2D eigenvalue weighted by atomic mass is 9.76. The average molecular weight is 393 g/mol. The molecule has 0 atom stereocenters. The van der Waals surface area contributed by atoms with Crippen molar-refractivity contribution in [2.45, 2.75) is 40.0 Å². The third-order valence-corrected chi connectivity index (χ3v) is 6.44. The summed E-state index contributed by atoms with van der Waals surface area (Å²) >= 11 is 0. The number of H-pyrrole nitrogens is 2. The van der Waals surface area contributed by atoms with Crippen LogP contribution in [0.25, 0.3) is 22.6 Å². The Balaban J connectivity index is 1.41. The number of carbonyl (C=O) groups excluding carboxylic acids is 1. The van der Waals surface area contributed by atoms with E-state index in [1.165, 1.54) is 23.4 Å². The fraction of sp³-hybridized carbons (Fsp3) is 0.500. The van der Waals surface area contributed by atoms with E-state index in [0.29, 0.717) is 5.41 Å². The lowest BCUT2D eigenvalue weighted by molar-refractivity contribution is -0.129. The van der Waals surface area contributed by atoms with Gasteiger partial charge in [-0.1, -0.05) is 13.8 Å². The van der Waals surface area contributed by atoms with Crippen LogP contribution in [0.5, 0.6) is 0 Å². The van der Waals surface area contributed by atoms with Gasteiger partial charge in [0.2, 0.25) is 5.91 Å². The molecule has 0 radical (unpaired) electrons. The molecule has 0 unspecified atom stereocenters. The average Bonchev–Trinajstić information content (AvgIpc) is 3.29. The predicted octanol–water partition coefficient (Wildman–Crippen LogP) is 3.14. The number of fused-ring (bicyclic) bond motifs is 2. The molecule has 7 heteroatoms. The van der Waals surface area contributed by atoms with Crippen LogP contribution < -0.4 is 4.90 Å². The fourth-order valence-corrected chi connectivity index (χ4v) is 4.63. The molecule has 1 aliphatic heterocycles. The van der Waals surface area contributed by atoms with Crippen LogP contribution >= 0.6 is 0 Å². The zero-order valence-corrected chi connectivity index (χ0v) is 17.4. The van der Waals surface area contributed by atoms with Crippen molar-refractivity contribution >= 4 is 22.6 Å². The SMILES string of the molecule is CC(=O)N1CCN(c2ccc3nc(-c4n[nH]c5c4CCC(C)(C)C5)[nH]c3c2)CC1. The minimum atomic E-state index is 0.157. The topological polar surface area (TPSA) is 80.9 Å². The molecule has 2 aliphatic rings. The maximum Gasteiger partial charge on any atom is 0.219 e. The van der Waals surface area contributed by atoms with E-state index in [0.717, 1.165) is 61.6 Å². The number of imidazole rings is 1. The maximum atomic E-state index is 11.6. The summed E-state index contributed by atoms with van der Waals surface area (Å²) in [6.45, 7) is 9.53. The lowest BCUT2D eigenvalue weighted by Crippen LogP contribution is -2.48. The molecule has 29 heavy (non-hydrogen) atoms. The molecule has 2 N–H and O–H groups in total. The number of nitrogens with one attached hydrogen (secondary N) is 2. The number of nitrogens with zero attached hydrogens (tertiary/aromatic N) is 4. The van der Waals surface area contributed by atoms with Gasteiger partial charge in [0.25, 0.3) is 0 Å². The number of aromatic nitrogens is 4. The van der Waals surface area contributed by atoms with Crippen LogP contribution in [0.3, 0.4) is 0 Å². The van der Waals surface area contributed by atoms with Crippen molar-refractivity contribution < 1.29 is 4.79 Å². The summed E-state index contributed by atoms with van der Waals surface area (Å²) in [5.41, 5.74) is 7.00. The Kier molecular flexibility index (Phi) is 4.15. The number of anilines is 1. The van der Waals surface area contributed by atoms with Crippen molar-refractivity contribution in [3.05, 3.63) is 29.5 Å². The first-order valence-electron chi connectivity index (χ1n) is 10.5. The van der Waals surface area contributed by atoms with Crippen molar-refractivity contribution in [2.24, 2.45) is 5.41 Å². The first-order valence-corrected chi connectivity index (χ1v) is 10.5. The Bertz CT molecular complexity index is 1070. The Morgan fingerprint density at radius 1 is 1.17 bits per heavy atom. The number of aromatic amines is 2. The van der Waals surface area contributed by atoms with Gasteiger partial charge < -0.3 is 14.8 Å². The van der Waals surface area contributed by atoms with E-state index >= 15 is 0 Å². The quantitative estimate of drug-likeness (QED) is 0.702. The van der Waals surface area contributed by atoms with Crippen LogP contribution in [0, 0.1) is 5.41 Å². The molecule has 1 amide bonds. The Hall–Kier alpha value is -2.83. The zero-order valence-electron chi connectivity index (χ0n) is 17.4. The summed E-state index contributed by atoms with van der Waals surface area (Å²) in [4.78, 5) is 24.1. The second kappa shape index (κ2) is 6.61. The van der Waals surface area contributed by atoms with E-state index in [9.17, 15) is 4.79 Å². The normalized spacial score (nSPS) is 18.9. The van der Waals surface area contributed by atoms with Crippen molar-refractivity contribution in [3.8, 4) is 11.5 Å². The number of amides is 1. The number of hydrogen-bond donors (Lipinski definition) is 2. The molecule has 3 heterocycles. The van der Waals surface area contributed by atoms with Crippen LogP contribution in [0.1, 0.15) is 38.4 Å². The van der Waals surface area contributed by atoms with E-state index in [1.807, 2.05) is 4.90 Å². The predicted molar refractivity (Wildman–Crippen MR) is 114 cm³/mol. The zero-order chi connectivity index (χ0) is 20.2. The minimum absolute atomic E-state index is 0.157. The third-order valence-electron chi connectivity index (χ3n) is 6.44. The Morgan fingerprint density at radius 2 is 1.97 bits per heavy atom. The number of hydrogen-bond acceptors (Lipinski definition) is 4. The third kappa shape index (κ3) is 3.28. The molecule has 5 rings (SSSR count). The smallest absolute Gasteiger partial charge is 0.219 e. The van der Waals surface area contributed by atoms with Gasteiger partial charge in [0, 0.05) is 50.0 Å². The fourth-order valence-electron chi connectivity index (χ4n) is 4.63. The van der Waals surface area contributed by atoms with Crippen molar-refractivity contribution in [1.29, 1.82) is 0 Å². The van der Waals surface area contributed by atoms with E-state index in [-0.39, 0.29) is 5.91 Å². The van der Waals surface area contributed by atoms with Gasteiger partial charge in [-0.15, -0.1) is 0 Å². The second-order valence-corrected chi connectivity index (χ2v) is 9.15. The molecule has 1 aromatic carbocycles. The molecule has 152 valence electrons. The summed E-state index contributed by atoms with van der Waals surface area (Å²) in [7, 11) is 0. The lowest BCUT2D eigenvalue weighted by Gasteiger charge is -2.35. The highest BCUT2D eigenvalue weighted by Gasteiger charge is 2.30. The standard InChI is InChI=1S/C22H28N6O/c1-14(29)27-8-10-28(11-9-27)15-4-5-17-18(12-15)24-21(23-17)20-16-6-7-22(2,3)13-19(16)25-26-20/h4-5,12H,6-11,13H2,1-3H3,(H,23,24)(H,25,26). The van der Waals surface area contributed by atoms with Crippen molar-refractivity contribution in [2.75, 3.05) is 31.1 Å². The minimum Gasteiger partial charge on any atom is -0.368 e. The number of benzene rings is 1. The van der Waals surface area contributed by atoms with E-state index < -0.39 is 0 Å². The van der Waals surface area contributed by atoms with Crippen LogP contribution in [0.2, 0.25) is 0 Å². The maximum absolute atomic E-state index is 11.6. The monoisotopic (exact) mass is 392 g/mol. The van der Waals surface area contributed by atoms with Gasteiger partial charge in [-0.25, -0.2) is 4.98 Å². The highest BCUT2D eigenvalue weighted by atomic mass is 16.2. The second-order valence-electron chi connectivity index (χ2n) is 9.15. The van der Waals surface area contributed by atoms with Crippen molar-refractivity contribution in [3.63, 3.8) is 0 Å². The molecule has 0 spiro atoms. The van der Waals surface area contributed by atoms with E-state index in [4.69, 9.17) is 4.98 Å². The first-order chi connectivity index (χ1) is 13.9. The van der Waals surface area contributed by atoms with E-state index in [2.05, 4.69) is 52.1 Å². The largest absolute Gasteiger partial charge is 0.368 e. The molecule has 1 saturated heterocycles. The Morgan fingerprint density at radius 3 is 2.72 bits per heavy atom. The number of carbonyl (C=O) groups is 1. The molecule has 1 aliphatic carbocycles. The molecular weight excluding hydrogens is 364 g/mol. The molecule has 0 saturated carbocycles. The highest BCUT2D eigenvalue weighted by Crippen LogP contribution is 2.37. The summed E-state index contributed by atoms with van der Waals surface area (Å²) in [5.74, 6) is 1.000. The van der Waals surface area contributed by atoms with Gasteiger partial charge in [-0.3, -0.25) is 9.89 Å². The van der Waals surface area contributed by atoms with Gasteiger partial charge >= 0.3 is 0 Å². The summed E-state index contributed by atoms with van der Waals surface area (Å²) in [5, 5.41) is 7.85. The molecule has 1 fully saturated rings. The summed E-state index contributed by atoms with van der Waals surface area (Å²) in [6.07, 6.45) is 3.24. The van der Waals surface area contributed by atoms with Crippen molar-refractivity contribution in [1.82, 2.24) is 25.1 Å². The van der Waals surface area contributed by atoms with Crippen LogP contribution in [-0.2, 0) is 17.6 Å². The highest BCUT2D eigenvalue weighted by molar-refractivity contribution is 5.83. The number of rotatable bonds is 2. The number of piperazine rings is 1. The molecular formula is C22H28N6O. The van der Waals surface area contributed by atoms with Crippen LogP contribution in [0.4, 0.5) is 5.69 Å². The summed E-state index contributed by atoms with van der Waals surface area (Å²) < 4.78 is 0. The van der Waals surface area contributed by atoms with Gasteiger partial charge in [0.05, 0.1) is 11.0 Å². The van der Waals surface area contributed by atoms with Crippen LogP contribution in [0.15, 0.2) is 18.2 Å². The van der Waals surface area contributed by atoms with Gasteiger partial charge in [-0.05, 0) is 42.9 Å². The van der Waals surface area contributed by atoms with Gasteiger partial charge in [-0.2, -0.15) is 5.10 Å². The van der Waals surface area contributed by atoms with Gasteiger partial charge in [0.1, 0.15) is 5.69 Å². The molecule has 3 aromatic rings. The first kappa shape index (κ1) is 18.2.